The first-order chi connectivity index (χ1) is 10.6. The number of rotatable bonds is 1. The minimum atomic E-state index is 0.246. The molecule has 1 aromatic carbocycles. The van der Waals surface area contributed by atoms with Gasteiger partial charge in [0, 0.05) is 5.92 Å². The van der Waals surface area contributed by atoms with Gasteiger partial charge in [-0.1, -0.05) is 75.2 Å². The molecule has 0 nitrogen and oxygen atoms in total. The predicted molar refractivity (Wildman–Crippen MR) is 93.8 cm³/mol. The molecule has 0 heteroatoms. The third-order valence-electron chi connectivity index (χ3n) is 5.69. The Morgan fingerprint density at radius 3 is 2.45 bits per heavy atom. The van der Waals surface area contributed by atoms with E-state index in [4.69, 9.17) is 0 Å². The Labute approximate surface area is 134 Å². The fourth-order valence-electron chi connectivity index (χ4n) is 4.52. The Morgan fingerprint density at radius 2 is 1.73 bits per heavy atom. The molecule has 114 valence electrons. The largest absolute Gasteiger partial charge is 0.0622 e. The number of hydrogen-bond donors (Lipinski definition) is 0. The Hall–Kier alpha value is -1.56. The molecule has 0 heterocycles. The van der Waals surface area contributed by atoms with Crippen LogP contribution in [0.1, 0.15) is 57.9 Å². The fraction of sp³-hybridized carbons (Fsp3) is 0.455. The average Bonchev–Trinajstić information content (AvgIpc) is 3.05. The van der Waals surface area contributed by atoms with E-state index in [1.54, 1.807) is 16.7 Å². The standard InChI is InChI=1S/C22H26/c1-22(2,3)16-13-19-17-11-7-8-12-18(17)21(20(19)14-16)15-9-5-4-6-10-15/h4-6,9-10,13-14,18,21H,7-8,11-12H2,1-3H3. The van der Waals surface area contributed by atoms with Crippen molar-refractivity contribution in [1.82, 2.24) is 0 Å². The van der Waals surface area contributed by atoms with Crippen molar-refractivity contribution < 1.29 is 0 Å². The van der Waals surface area contributed by atoms with Crippen molar-refractivity contribution in [3.63, 3.8) is 0 Å². The third kappa shape index (κ3) is 2.12. The van der Waals surface area contributed by atoms with Crippen LogP contribution in [0.3, 0.4) is 0 Å². The second kappa shape index (κ2) is 4.98. The summed E-state index contributed by atoms with van der Waals surface area (Å²) >= 11 is 0. The van der Waals surface area contributed by atoms with Crippen LogP contribution in [0.2, 0.25) is 0 Å². The monoisotopic (exact) mass is 290 g/mol. The maximum Gasteiger partial charge on any atom is 0.0161 e. The van der Waals surface area contributed by atoms with Crippen molar-refractivity contribution in [2.45, 2.75) is 52.4 Å². The van der Waals surface area contributed by atoms with E-state index in [1.807, 2.05) is 0 Å². The lowest BCUT2D eigenvalue weighted by atomic mass is 9.76. The lowest BCUT2D eigenvalue weighted by Gasteiger charge is -2.28. The van der Waals surface area contributed by atoms with Gasteiger partial charge in [0.15, 0.2) is 0 Å². The Morgan fingerprint density at radius 1 is 0.955 bits per heavy atom. The van der Waals surface area contributed by atoms with E-state index in [0.29, 0.717) is 5.92 Å². The molecule has 0 spiro atoms. The topological polar surface area (TPSA) is 0 Å². The van der Waals surface area contributed by atoms with Crippen LogP contribution >= 0.6 is 0 Å². The molecule has 22 heavy (non-hydrogen) atoms. The zero-order valence-corrected chi connectivity index (χ0v) is 14.0. The molecular formula is C22H26. The summed E-state index contributed by atoms with van der Waals surface area (Å²) in [4.78, 5) is 0. The highest BCUT2D eigenvalue weighted by atomic mass is 14.5. The van der Waals surface area contributed by atoms with Gasteiger partial charge >= 0.3 is 0 Å². The summed E-state index contributed by atoms with van der Waals surface area (Å²) in [6.07, 6.45) is 10.5. The maximum absolute atomic E-state index is 2.51. The first kappa shape index (κ1) is 14.1. The summed E-state index contributed by atoms with van der Waals surface area (Å²) in [5.41, 5.74) is 8.23. The number of fused-ring (bicyclic) bond motifs is 2. The van der Waals surface area contributed by atoms with Crippen molar-refractivity contribution in [2.24, 2.45) is 11.3 Å². The van der Waals surface area contributed by atoms with Crippen LogP contribution in [0.25, 0.3) is 0 Å². The number of allylic oxidation sites excluding steroid dienone is 6. The molecule has 3 aliphatic carbocycles. The van der Waals surface area contributed by atoms with Gasteiger partial charge in [-0.3, -0.25) is 0 Å². The third-order valence-corrected chi connectivity index (χ3v) is 5.69. The molecule has 0 bridgehead atoms. The van der Waals surface area contributed by atoms with Crippen LogP contribution in [0.15, 0.2) is 64.8 Å². The molecular weight excluding hydrogens is 264 g/mol. The zero-order valence-electron chi connectivity index (χ0n) is 14.0. The van der Waals surface area contributed by atoms with E-state index in [-0.39, 0.29) is 5.41 Å². The highest BCUT2D eigenvalue weighted by Crippen LogP contribution is 2.56. The minimum absolute atomic E-state index is 0.246. The van der Waals surface area contributed by atoms with Crippen LogP contribution in [0.4, 0.5) is 0 Å². The normalized spacial score (nSPS) is 27.4. The van der Waals surface area contributed by atoms with Gasteiger partial charge in [-0.05, 0) is 52.9 Å². The highest BCUT2D eigenvalue weighted by Gasteiger charge is 2.42. The van der Waals surface area contributed by atoms with Crippen LogP contribution in [0.5, 0.6) is 0 Å². The fourth-order valence-corrected chi connectivity index (χ4v) is 4.52. The summed E-state index contributed by atoms with van der Waals surface area (Å²) < 4.78 is 0. The van der Waals surface area contributed by atoms with Crippen LogP contribution in [-0.2, 0) is 0 Å². The van der Waals surface area contributed by atoms with E-state index < -0.39 is 0 Å². The van der Waals surface area contributed by atoms with E-state index in [9.17, 15) is 0 Å². The summed E-state index contributed by atoms with van der Waals surface area (Å²) in [7, 11) is 0. The summed E-state index contributed by atoms with van der Waals surface area (Å²) in [5.74, 6) is 1.36. The summed E-state index contributed by atoms with van der Waals surface area (Å²) in [6.45, 7) is 6.99. The Kier molecular flexibility index (Phi) is 3.18. The van der Waals surface area contributed by atoms with Crippen molar-refractivity contribution >= 4 is 0 Å². The minimum Gasteiger partial charge on any atom is -0.0622 e. The molecule has 0 aliphatic heterocycles. The Bertz CT molecular complexity index is 676. The van der Waals surface area contributed by atoms with Gasteiger partial charge in [-0.15, -0.1) is 0 Å². The molecule has 0 radical (unpaired) electrons. The van der Waals surface area contributed by atoms with Gasteiger partial charge in [0.25, 0.3) is 0 Å². The van der Waals surface area contributed by atoms with Gasteiger partial charge in [0.1, 0.15) is 0 Å². The second-order valence-corrected chi connectivity index (χ2v) is 8.13. The second-order valence-electron chi connectivity index (χ2n) is 8.13. The molecule has 2 unspecified atom stereocenters. The van der Waals surface area contributed by atoms with Crippen molar-refractivity contribution in [1.29, 1.82) is 0 Å². The molecule has 1 fully saturated rings. The smallest absolute Gasteiger partial charge is 0.0161 e. The van der Waals surface area contributed by atoms with Crippen molar-refractivity contribution in [3.8, 4) is 0 Å². The molecule has 3 aliphatic rings. The zero-order chi connectivity index (χ0) is 15.3. The molecule has 1 saturated carbocycles. The number of benzene rings is 1. The molecule has 0 saturated heterocycles. The van der Waals surface area contributed by atoms with Gasteiger partial charge in [-0.25, -0.2) is 0 Å². The molecule has 2 atom stereocenters. The molecule has 0 aromatic heterocycles. The lowest BCUT2D eigenvalue weighted by Crippen LogP contribution is -2.15. The van der Waals surface area contributed by atoms with Gasteiger partial charge in [-0.2, -0.15) is 0 Å². The molecule has 0 N–H and O–H groups in total. The van der Waals surface area contributed by atoms with Gasteiger partial charge < -0.3 is 0 Å². The quantitative estimate of drug-likeness (QED) is 0.579. The number of hydrogen-bond acceptors (Lipinski definition) is 0. The molecule has 0 amide bonds. The van der Waals surface area contributed by atoms with Gasteiger partial charge in [0.2, 0.25) is 0 Å². The van der Waals surface area contributed by atoms with E-state index in [1.165, 1.54) is 36.8 Å². The van der Waals surface area contributed by atoms with Crippen molar-refractivity contribution in [2.75, 3.05) is 0 Å². The lowest BCUT2D eigenvalue weighted by molar-refractivity contribution is 0.432. The maximum atomic E-state index is 2.51. The van der Waals surface area contributed by atoms with Crippen LogP contribution in [0, 0.1) is 11.3 Å². The molecule has 1 aromatic rings. The van der Waals surface area contributed by atoms with Crippen molar-refractivity contribution in [3.05, 3.63) is 70.3 Å². The first-order valence-corrected chi connectivity index (χ1v) is 8.78. The predicted octanol–water partition coefficient (Wildman–Crippen LogP) is 6.18. The van der Waals surface area contributed by atoms with E-state index in [2.05, 4.69) is 63.3 Å². The average molecular weight is 290 g/mol. The van der Waals surface area contributed by atoms with Gasteiger partial charge in [0.05, 0.1) is 0 Å². The Balaban J connectivity index is 1.83. The summed E-state index contributed by atoms with van der Waals surface area (Å²) in [6, 6.07) is 11.2. The SMILES string of the molecule is CC(C)(C)C1=CC2=C3CCCCC3C(c3ccccc3)C2=C1. The first-order valence-electron chi connectivity index (χ1n) is 8.78. The highest BCUT2D eigenvalue weighted by molar-refractivity contribution is 5.65. The van der Waals surface area contributed by atoms with Crippen LogP contribution < -0.4 is 0 Å². The molecule has 4 rings (SSSR count). The van der Waals surface area contributed by atoms with E-state index >= 15 is 0 Å². The van der Waals surface area contributed by atoms with E-state index in [0.717, 1.165) is 5.92 Å². The van der Waals surface area contributed by atoms with Crippen LogP contribution in [-0.4, -0.2) is 0 Å². The summed E-state index contributed by atoms with van der Waals surface area (Å²) in [5, 5.41) is 0.